The monoisotopic (exact) mass is 371 g/mol. The van der Waals surface area contributed by atoms with Crippen LogP contribution >= 0.6 is 0 Å². The minimum Gasteiger partial charge on any atom is -0.486 e. The van der Waals surface area contributed by atoms with Crippen molar-refractivity contribution in [3.05, 3.63) is 47.7 Å². The average molecular weight is 371 g/mol. The lowest BCUT2D eigenvalue weighted by Gasteiger charge is -2.29. The maximum Gasteiger partial charge on any atom is 0.188 e. The molecule has 27 heavy (non-hydrogen) atoms. The van der Waals surface area contributed by atoms with Crippen LogP contribution in [0.4, 0.5) is 4.39 Å². The molecule has 0 aliphatic carbocycles. The number of halogens is 1. The van der Waals surface area contributed by atoms with E-state index in [2.05, 4.69) is 27.2 Å². The summed E-state index contributed by atoms with van der Waals surface area (Å²) in [5.41, 5.74) is 0.673. The van der Waals surface area contributed by atoms with Gasteiger partial charge in [-0.15, -0.1) is 0 Å². The van der Waals surface area contributed by atoms with E-state index >= 15 is 0 Å². The number of aromatic nitrogens is 4. The van der Waals surface area contributed by atoms with Gasteiger partial charge in [0.05, 0.1) is 6.04 Å². The summed E-state index contributed by atoms with van der Waals surface area (Å²) in [6.45, 7) is 4.09. The third-order valence-corrected chi connectivity index (χ3v) is 4.75. The number of nitrogens with zero attached hydrogens (tertiary/aromatic N) is 5. The molecule has 142 valence electrons. The van der Waals surface area contributed by atoms with Crippen molar-refractivity contribution in [3.63, 3.8) is 0 Å². The smallest absolute Gasteiger partial charge is 0.188 e. The quantitative estimate of drug-likeness (QED) is 0.686. The lowest BCUT2D eigenvalue weighted by atomic mass is 10.1. The van der Waals surface area contributed by atoms with Gasteiger partial charge in [-0.05, 0) is 64.2 Å². The maximum absolute atomic E-state index is 13.0. The van der Waals surface area contributed by atoms with Crippen LogP contribution in [0.2, 0.25) is 0 Å². The fourth-order valence-electron chi connectivity index (χ4n) is 3.25. The molecule has 3 aromatic rings. The summed E-state index contributed by atoms with van der Waals surface area (Å²) in [4.78, 5) is 6.95. The number of hydrogen-bond acceptors (Lipinski definition) is 6. The van der Waals surface area contributed by atoms with Gasteiger partial charge in [0.2, 0.25) is 0 Å². The average Bonchev–Trinajstić information content (AvgIpc) is 3.28. The highest BCUT2D eigenvalue weighted by Crippen LogP contribution is 2.27. The summed E-state index contributed by atoms with van der Waals surface area (Å²) in [5.74, 6) is 2.27. The van der Waals surface area contributed by atoms with E-state index in [4.69, 9.17) is 9.26 Å². The second-order valence-corrected chi connectivity index (χ2v) is 6.90. The first-order chi connectivity index (χ1) is 13.1. The predicted octanol–water partition coefficient (Wildman–Crippen LogP) is 3.23. The predicted molar refractivity (Wildman–Crippen MR) is 96.8 cm³/mol. The van der Waals surface area contributed by atoms with E-state index < -0.39 is 0 Å². The molecule has 0 atom stereocenters. The summed E-state index contributed by atoms with van der Waals surface area (Å²) in [6, 6.07) is 8.03. The molecule has 4 rings (SSSR count). The van der Waals surface area contributed by atoms with Crippen molar-refractivity contribution in [2.75, 3.05) is 20.1 Å². The Bertz CT molecular complexity index is 897. The van der Waals surface area contributed by atoms with Gasteiger partial charge in [-0.2, -0.15) is 5.10 Å². The number of likely N-dealkylation sites (tertiary alicyclic amines) is 1. The van der Waals surface area contributed by atoms with E-state index in [9.17, 15) is 4.39 Å². The highest BCUT2D eigenvalue weighted by molar-refractivity contribution is 5.49. The van der Waals surface area contributed by atoms with Crippen LogP contribution in [0.15, 0.2) is 34.9 Å². The van der Waals surface area contributed by atoms with Crippen LogP contribution in [-0.4, -0.2) is 45.0 Å². The fraction of sp³-hybridized carbons (Fsp3) is 0.421. The largest absolute Gasteiger partial charge is 0.486 e. The minimum absolute atomic E-state index is 0.203. The Balaban J connectivity index is 1.58. The Kier molecular flexibility index (Phi) is 4.89. The van der Waals surface area contributed by atoms with E-state index in [1.807, 2.05) is 17.7 Å². The minimum atomic E-state index is -0.296. The van der Waals surface area contributed by atoms with E-state index in [0.717, 1.165) is 31.7 Å². The number of aryl methyl sites for hydroxylation is 1. The first kappa shape index (κ1) is 17.7. The molecule has 1 aromatic carbocycles. The van der Waals surface area contributed by atoms with Crippen molar-refractivity contribution in [1.29, 1.82) is 0 Å². The van der Waals surface area contributed by atoms with Gasteiger partial charge < -0.3 is 14.2 Å². The molecule has 0 unspecified atom stereocenters. The van der Waals surface area contributed by atoms with Crippen molar-refractivity contribution in [2.45, 2.75) is 32.4 Å². The van der Waals surface area contributed by atoms with Gasteiger partial charge in [-0.3, -0.25) is 0 Å². The first-order valence-electron chi connectivity index (χ1n) is 9.04. The van der Waals surface area contributed by atoms with E-state index in [1.54, 1.807) is 12.1 Å². The van der Waals surface area contributed by atoms with Crippen LogP contribution < -0.4 is 4.74 Å². The molecule has 0 bridgehead atoms. The molecule has 1 aliphatic rings. The third kappa shape index (κ3) is 4.00. The summed E-state index contributed by atoms with van der Waals surface area (Å²) >= 11 is 0. The van der Waals surface area contributed by atoms with Gasteiger partial charge in [-0.25, -0.2) is 14.1 Å². The molecule has 8 heteroatoms. The number of ether oxygens (including phenoxy) is 1. The zero-order valence-corrected chi connectivity index (χ0v) is 15.4. The fourth-order valence-corrected chi connectivity index (χ4v) is 3.25. The second kappa shape index (κ2) is 7.48. The van der Waals surface area contributed by atoms with Gasteiger partial charge >= 0.3 is 0 Å². The zero-order valence-electron chi connectivity index (χ0n) is 15.4. The Morgan fingerprint density at radius 2 is 1.96 bits per heavy atom. The van der Waals surface area contributed by atoms with E-state index in [0.29, 0.717) is 23.1 Å². The van der Waals surface area contributed by atoms with Crippen molar-refractivity contribution >= 4 is 0 Å². The van der Waals surface area contributed by atoms with Crippen LogP contribution in [0.25, 0.3) is 11.5 Å². The standard InChI is InChI=1S/C19H22FN5O2/c1-13-11-17(23-27-13)19-21-18(12-26-16-5-3-14(20)4-6-16)22-25(19)15-7-9-24(2)10-8-15/h3-6,11,15H,7-10,12H2,1-2H3. The Morgan fingerprint density at radius 3 is 2.63 bits per heavy atom. The SMILES string of the molecule is Cc1cc(-c2nc(COc3ccc(F)cc3)nn2C2CCN(C)CC2)no1. The van der Waals surface area contributed by atoms with Gasteiger partial charge in [-0.1, -0.05) is 5.16 Å². The van der Waals surface area contributed by atoms with Crippen LogP contribution in [0.5, 0.6) is 5.75 Å². The maximum atomic E-state index is 13.0. The molecule has 0 spiro atoms. The van der Waals surface area contributed by atoms with Gasteiger partial charge in [0.15, 0.2) is 17.3 Å². The summed E-state index contributed by atoms with van der Waals surface area (Å²) < 4.78 is 25.9. The van der Waals surface area contributed by atoms with Crippen LogP contribution in [0.1, 0.15) is 30.5 Å². The van der Waals surface area contributed by atoms with E-state index in [1.165, 1.54) is 12.1 Å². The van der Waals surface area contributed by atoms with Gasteiger partial charge in [0.1, 0.15) is 23.9 Å². The van der Waals surface area contributed by atoms with Crippen molar-refractivity contribution in [3.8, 4) is 17.3 Å². The molecule has 1 fully saturated rings. The summed E-state index contributed by atoms with van der Waals surface area (Å²) in [5, 5.41) is 8.79. The molecule has 2 aromatic heterocycles. The summed E-state index contributed by atoms with van der Waals surface area (Å²) in [7, 11) is 2.13. The molecule has 0 saturated carbocycles. The number of hydrogen-bond donors (Lipinski definition) is 0. The van der Waals surface area contributed by atoms with Gasteiger partial charge in [0.25, 0.3) is 0 Å². The molecule has 0 radical (unpaired) electrons. The third-order valence-electron chi connectivity index (χ3n) is 4.75. The Labute approximate surface area is 156 Å². The summed E-state index contributed by atoms with van der Waals surface area (Å²) in [6.07, 6.45) is 2.00. The van der Waals surface area contributed by atoms with Gasteiger partial charge in [0, 0.05) is 6.07 Å². The van der Waals surface area contributed by atoms with Crippen molar-refractivity contribution in [1.82, 2.24) is 24.8 Å². The molecule has 1 aliphatic heterocycles. The molecule has 0 N–H and O–H groups in total. The Morgan fingerprint density at radius 1 is 1.22 bits per heavy atom. The van der Waals surface area contributed by atoms with Crippen LogP contribution in [0.3, 0.4) is 0 Å². The normalized spacial score (nSPS) is 16.0. The molecule has 1 saturated heterocycles. The molecule has 3 heterocycles. The lowest BCUT2D eigenvalue weighted by molar-refractivity contribution is 0.211. The lowest BCUT2D eigenvalue weighted by Crippen LogP contribution is -2.32. The highest BCUT2D eigenvalue weighted by Gasteiger charge is 2.25. The van der Waals surface area contributed by atoms with Crippen LogP contribution in [-0.2, 0) is 6.61 Å². The second-order valence-electron chi connectivity index (χ2n) is 6.90. The molecular weight excluding hydrogens is 349 g/mol. The highest BCUT2D eigenvalue weighted by atomic mass is 19.1. The number of benzene rings is 1. The number of rotatable bonds is 5. The topological polar surface area (TPSA) is 69.2 Å². The molecule has 0 amide bonds. The molecule has 7 nitrogen and oxygen atoms in total. The van der Waals surface area contributed by atoms with Crippen LogP contribution in [0, 0.1) is 12.7 Å². The van der Waals surface area contributed by atoms with Crippen molar-refractivity contribution in [2.24, 2.45) is 0 Å². The number of piperidine rings is 1. The zero-order chi connectivity index (χ0) is 18.8. The first-order valence-corrected chi connectivity index (χ1v) is 9.04. The molecular formula is C19H22FN5O2. The van der Waals surface area contributed by atoms with E-state index in [-0.39, 0.29) is 18.5 Å². The Hall–Kier alpha value is -2.74. The van der Waals surface area contributed by atoms with Crippen molar-refractivity contribution < 1.29 is 13.7 Å².